The molecule has 0 aromatic carbocycles. The van der Waals surface area contributed by atoms with Crippen molar-refractivity contribution >= 4 is 0 Å². The summed E-state index contributed by atoms with van der Waals surface area (Å²) < 4.78 is 0. The smallest absolute Gasteiger partial charge is 0.0353 e. The zero-order chi connectivity index (χ0) is 29.6. The number of hydrogen-bond donors (Lipinski definition) is 0. The molecule has 0 aromatic heterocycles. The lowest BCUT2D eigenvalue weighted by Crippen LogP contribution is -1.85. The van der Waals surface area contributed by atoms with E-state index in [2.05, 4.69) is 19.6 Å². The van der Waals surface area contributed by atoms with Crippen molar-refractivity contribution in [1.82, 2.24) is 0 Å². The monoisotopic (exact) mass is 575 g/mol. The Labute approximate surface area is 263 Å². The number of unbranched alkanes of at least 4 members (excludes halogenated alkanes) is 37. The highest BCUT2D eigenvalue weighted by Gasteiger charge is 1.97. The molecule has 0 radical (unpaired) electrons. The first-order valence-corrected chi connectivity index (χ1v) is 20.0. The molecule has 0 atom stereocenters. The number of allylic oxidation sites excluding steroid dienone is 1. The van der Waals surface area contributed by atoms with Crippen LogP contribution in [0.25, 0.3) is 0 Å². The third kappa shape index (κ3) is 39.7. The molecule has 0 saturated heterocycles. The Morgan fingerprint density at radius 3 is 0.537 bits per heavy atom. The summed E-state index contributed by atoms with van der Waals surface area (Å²) in [6.45, 7) is 6.12. The summed E-state index contributed by atoms with van der Waals surface area (Å²) >= 11 is 0. The third-order valence-electron chi connectivity index (χ3n) is 9.51. The van der Waals surface area contributed by atoms with Gasteiger partial charge < -0.3 is 0 Å². The lowest BCUT2D eigenvalue weighted by molar-refractivity contribution is 0.510. The Balaban J connectivity index is 3.02. The normalized spacial score (nSPS) is 11.4. The van der Waals surface area contributed by atoms with E-state index in [9.17, 15) is 0 Å². The van der Waals surface area contributed by atoms with Crippen molar-refractivity contribution in [3.8, 4) is 0 Å². The molecular weight excluding hydrogens is 492 g/mol. The Kier molecular flexibility index (Phi) is 39.5. The average molecular weight is 575 g/mol. The quantitative estimate of drug-likeness (QED) is 0.0508. The van der Waals surface area contributed by atoms with E-state index in [1.54, 1.807) is 0 Å². The predicted molar refractivity (Wildman–Crippen MR) is 191 cm³/mol. The Morgan fingerprint density at radius 1 is 0.244 bits per heavy atom. The lowest BCUT2D eigenvalue weighted by atomic mass is 10.0. The van der Waals surface area contributed by atoms with E-state index in [1.807, 2.05) is 0 Å². The molecule has 0 spiro atoms. The van der Waals surface area contributed by atoms with E-state index in [-0.39, 0.29) is 0 Å². The van der Waals surface area contributed by atoms with Gasteiger partial charge in [0.25, 0.3) is 0 Å². The Hall–Kier alpha value is -0.260. The second-order valence-electron chi connectivity index (χ2n) is 13.8. The molecule has 0 unspecified atom stereocenters. The van der Waals surface area contributed by atoms with Gasteiger partial charge in [0.2, 0.25) is 0 Å². The second kappa shape index (κ2) is 39.7. The lowest BCUT2D eigenvalue weighted by Gasteiger charge is -2.05. The van der Waals surface area contributed by atoms with Crippen LogP contribution < -0.4 is 0 Å². The minimum atomic E-state index is 1.21. The van der Waals surface area contributed by atoms with Crippen LogP contribution >= 0.6 is 0 Å². The fourth-order valence-corrected chi connectivity index (χ4v) is 6.55. The van der Waals surface area contributed by atoms with Crippen LogP contribution in [0.4, 0.5) is 0 Å². The first-order chi connectivity index (χ1) is 20.4. The predicted octanol–water partition coefficient (Wildman–Crippen LogP) is 16.0. The van der Waals surface area contributed by atoms with Crippen molar-refractivity contribution < 1.29 is 0 Å². The Bertz CT molecular complexity index is 437. The summed E-state index contributed by atoms with van der Waals surface area (Å²) in [5, 5.41) is 0. The van der Waals surface area contributed by atoms with Gasteiger partial charge in [-0.3, -0.25) is 0 Å². The minimum absolute atomic E-state index is 1.21. The maximum atomic E-state index is 3.81. The average Bonchev–Trinajstić information content (AvgIpc) is 2.98. The molecule has 0 heterocycles. The van der Waals surface area contributed by atoms with E-state index >= 15 is 0 Å². The Morgan fingerprint density at radius 2 is 0.390 bits per heavy atom. The van der Waals surface area contributed by atoms with E-state index in [1.165, 1.54) is 244 Å². The summed E-state index contributed by atoms with van der Waals surface area (Å²) in [7, 11) is 0. The zero-order valence-electron chi connectivity index (χ0n) is 29.2. The molecule has 41 heavy (non-hydrogen) atoms. The highest BCUT2D eigenvalue weighted by molar-refractivity contribution is 4.65. The molecule has 0 rings (SSSR count). The molecule has 0 amide bonds. The van der Waals surface area contributed by atoms with Gasteiger partial charge in [-0.05, 0) is 12.8 Å². The molecule has 0 N–H and O–H groups in total. The van der Waals surface area contributed by atoms with Crippen molar-refractivity contribution in [2.75, 3.05) is 0 Å². The van der Waals surface area contributed by atoms with E-state index in [0.717, 1.165) is 0 Å². The molecule has 0 nitrogen and oxygen atoms in total. The molecular formula is C41H82. The van der Waals surface area contributed by atoms with Gasteiger partial charge in [0.15, 0.2) is 0 Å². The third-order valence-corrected chi connectivity index (χ3v) is 9.51. The summed E-state index contributed by atoms with van der Waals surface area (Å²) in [6, 6.07) is 0. The first kappa shape index (κ1) is 40.7. The van der Waals surface area contributed by atoms with Crippen LogP contribution in [0.1, 0.15) is 251 Å². The zero-order valence-corrected chi connectivity index (χ0v) is 29.2. The van der Waals surface area contributed by atoms with Crippen molar-refractivity contribution in [3.05, 3.63) is 12.7 Å². The van der Waals surface area contributed by atoms with Gasteiger partial charge in [0.1, 0.15) is 0 Å². The molecule has 246 valence electrons. The maximum Gasteiger partial charge on any atom is -0.0353 e. The van der Waals surface area contributed by atoms with Crippen LogP contribution in [0.5, 0.6) is 0 Å². The molecule has 0 fully saturated rings. The van der Waals surface area contributed by atoms with Crippen molar-refractivity contribution in [3.63, 3.8) is 0 Å². The topological polar surface area (TPSA) is 0 Å². The van der Waals surface area contributed by atoms with Gasteiger partial charge in [0.05, 0.1) is 0 Å². The molecule has 0 aromatic rings. The first-order valence-electron chi connectivity index (χ1n) is 20.0. The van der Waals surface area contributed by atoms with Gasteiger partial charge in [-0.25, -0.2) is 0 Å². The number of rotatable bonds is 38. The van der Waals surface area contributed by atoms with Gasteiger partial charge in [-0.2, -0.15) is 0 Å². The minimum Gasteiger partial charge on any atom is -0.103 e. The van der Waals surface area contributed by atoms with E-state index in [4.69, 9.17) is 0 Å². The second-order valence-corrected chi connectivity index (χ2v) is 13.8. The maximum absolute atomic E-state index is 3.81. The highest BCUT2D eigenvalue weighted by Crippen LogP contribution is 2.17. The molecule has 0 saturated carbocycles. The van der Waals surface area contributed by atoms with Crippen LogP contribution in [0, 0.1) is 0 Å². The van der Waals surface area contributed by atoms with Crippen molar-refractivity contribution in [2.45, 2.75) is 251 Å². The largest absolute Gasteiger partial charge is 0.103 e. The summed E-state index contributed by atoms with van der Waals surface area (Å²) in [5.41, 5.74) is 0. The molecule has 0 aliphatic carbocycles. The van der Waals surface area contributed by atoms with Crippen LogP contribution in [0.15, 0.2) is 12.7 Å². The van der Waals surface area contributed by atoms with Crippen LogP contribution in [-0.2, 0) is 0 Å². The van der Waals surface area contributed by atoms with Crippen LogP contribution in [-0.4, -0.2) is 0 Å². The van der Waals surface area contributed by atoms with Crippen LogP contribution in [0.3, 0.4) is 0 Å². The standard InChI is InChI=1S/C41H82/c1-3-5-7-9-11-13-15-17-19-21-23-25-27-29-31-33-35-37-39-41-40-38-36-34-32-30-28-26-24-22-20-18-16-14-12-10-8-6-4-2/h3H,1,4-41H2,2H3. The van der Waals surface area contributed by atoms with Gasteiger partial charge in [-0.1, -0.05) is 244 Å². The fraction of sp³-hybridized carbons (Fsp3) is 0.951. The fourth-order valence-electron chi connectivity index (χ4n) is 6.55. The summed E-state index contributed by atoms with van der Waals surface area (Å²) in [4.78, 5) is 0. The summed E-state index contributed by atoms with van der Waals surface area (Å²) in [5.74, 6) is 0. The van der Waals surface area contributed by atoms with Gasteiger partial charge in [0, 0.05) is 0 Å². The van der Waals surface area contributed by atoms with Crippen molar-refractivity contribution in [1.29, 1.82) is 0 Å². The number of hydrogen-bond acceptors (Lipinski definition) is 0. The van der Waals surface area contributed by atoms with Crippen molar-refractivity contribution in [2.24, 2.45) is 0 Å². The van der Waals surface area contributed by atoms with E-state index < -0.39 is 0 Å². The van der Waals surface area contributed by atoms with E-state index in [0.29, 0.717) is 0 Å². The van der Waals surface area contributed by atoms with Gasteiger partial charge >= 0.3 is 0 Å². The molecule has 0 aliphatic rings. The van der Waals surface area contributed by atoms with Gasteiger partial charge in [-0.15, -0.1) is 6.58 Å². The molecule has 0 heteroatoms. The summed E-state index contributed by atoms with van der Waals surface area (Å²) in [6.07, 6.45) is 57.9. The molecule has 0 aliphatic heterocycles. The SMILES string of the molecule is C=CCCCCCCCCCCCCCCCCCCCCCCCCCCCCCCCCCCCCCCC. The van der Waals surface area contributed by atoms with Crippen LogP contribution in [0.2, 0.25) is 0 Å². The molecule has 0 bridgehead atoms. The highest BCUT2D eigenvalue weighted by atomic mass is 14.0.